The molecule has 1 saturated carbocycles. The maximum Gasteiger partial charge on any atom is 0.396 e. The van der Waals surface area contributed by atoms with E-state index in [-0.39, 0.29) is 30.9 Å². The molecule has 5 heterocycles. The predicted molar refractivity (Wildman–Crippen MR) is 154 cm³/mol. The number of amides is 2. The van der Waals surface area contributed by atoms with Gasteiger partial charge in [-0.05, 0) is 49.3 Å². The van der Waals surface area contributed by atoms with Crippen molar-refractivity contribution in [1.29, 1.82) is 0 Å². The zero-order valence-electron chi connectivity index (χ0n) is 23.9. The van der Waals surface area contributed by atoms with Crippen LogP contribution < -0.4 is 4.90 Å². The summed E-state index contributed by atoms with van der Waals surface area (Å²) in [5.74, 6) is -3.06. The first-order valence-electron chi connectivity index (χ1n) is 14.3. The number of aliphatic hydroxyl groups excluding tert-OH is 1. The maximum absolute atomic E-state index is 13.4. The number of fused-ring (bicyclic) bond motifs is 4. The molecule has 0 bridgehead atoms. The summed E-state index contributed by atoms with van der Waals surface area (Å²) < 4.78 is 6.72. The van der Waals surface area contributed by atoms with Gasteiger partial charge >= 0.3 is 17.8 Å². The summed E-state index contributed by atoms with van der Waals surface area (Å²) in [5, 5.41) is 11.3. The van der Waals surface area contributed by atoms with E-state index in [0.29, 0.717) is 29.2 Å². The smallest absolute Gasteiger partial charge is 0.396 e. The lowest BCUT2D eigenvalue weighted by Gasteiger charge is -2.29. The summed E-state index contributed by atoms with van der Waals surface area (Å²) in [6, 6.07) is 5.31. The molecule has 4 aromatic heterocycles. The third-order valence-electron chi connectivity index (χ3n) is 8.38. The van der Waals surface area contributed by atoms with Gasteiger partial charge in [-0.1, -0.05) is 13.0 Å². The molecule has 0 aromatic carbocycles. The average molecular weight is 586 g/mol. The monoisotopic (exact) mass is 585 g/mol. The highest BCUT2D eigenvalue weighted by Gasteiger charge is 2.32. The van der Waals surface area contributed by atoms with Gasteiger partial charge in [-0.3, -0.25) is 19.4 Å². The fraction of sp³-hybridized carbons (Fsp3) is 0.400. The molecule has 13 nitrogen and oxygen atoms in total. The van der Waals surface area contributed by atoms with Crippen molar-refractivity contribution >= 4 is 57.3 Å². The molecule has 0 spiro atoms. The number of aromatic nitrogens is 5. The van der Waals surface area contributed by atoms with E-state index < -0.39 is 30.2 Å². The van der Waals surface area contributed by atoms with E-state index in [4.69, 9.17) is 4.98 Å². The predicted octanol–water partition coefficient (Wildman–Crippen LogP) is 2.41. The average Bonchev–Trinajstić information content (AvgIpc) is 3.37. The number of ketones is 1. The van der Waals surface area contributed by atoms with Crippen molar-refractivity contribution in [3.05, 3.63) is 48.0 Å². The second-order valence-corrected chi connectivity index (χ2v) is 11.0. The molecule has 1 aliphatic carbocycles. The quantitative estimate of drug-likeness (QED) is 0.272. The molecule has 1 fully saturated rings. The number of rotatable bonds is 5. The fourth-order valence-electron chi connectivity index (χ4n) is 6.04. The normalized spacial score (nSPS) is 18.3. The number of anilines is 2. The van der Waals surface area contributed by atoms with Gasteiger partial charge in [0, 0.05) is 54.4 Å². The van der Waals surface area contributed by atoms with Crippen molar-refractivity contribution in [1.82, 2.24) is 29.4 Å². The van der Waals surface area contributed by atoms with Gasteiger partial charge in [0.15, 0.2) is 0 Å². The number of hydrogen-bond donors (Lipinski definition) is 1. The van der Waals surface area contributed by atoms with Gasteiger partial charge in [0.2, 0.25) is 11.7 Å². The van der Waals surface area contributed by atoms with Gasteiger partial charge in [0.1, 0.15) is 18.1 Å². The molecule has 222 valence electrons. The van der Waals surface area contributed by atoms with Gasteiger partial charge < -0.3 is 19.3 Å². The number of Topliss-reactive ketones (excluding diaryl/α,β-unsaturated/α-hetero) is 1. The molecule has 0 atom stereocenters. The van der Waals surface area contributed by atoms with Crippen LogP contribution in [0, 0.1) is 5.92 Å². The lowest BCUT2D eigenvalue weighted by Crippen LogP contribution is -2.41. The van der Waals surface area contributed by atoms with Crippen molar-refractivity contribution in [3.63, 3.8) is 0 Å². The van der Waals surface area contributed by atoms with Gasteiger partial charge in [0.05, 0.1) is 18.8 Å². The Balaban J connectivity index is 1.43. The van der Waals surface area contributed by atoms with Crippen LogP contribution in [0.2, 0.25) is 0 Å². The van der Waals surface area contributed by atoms with Gasteiger partial charge in [-0.15, -0.1) is 0 Å². The Labute approximate surface area is 246 Å². The fourth-order valence-corrected chi connectivity index (χ4v) is 6.04. The molecule has 13 heteroatoms. The van der Waals surface area contributed by atoms with Crippen LogP contribution in [0.25, 0.3) is 21.9 Å². The van der Waals surface area contributed by atoms with Gasteiger partial charge in [0.25, 0.3) is 0 Å². The SMILES string of the molecule is COC(=O)C(=O)N1CCc2nc(N(C(=O)C(=O)CO)c3ncc4c5ccncc5n(C5CCC(C)CC5)c4n3)ccc2C1. The molecule has 0 radical (unpaired) electrons. The largest absolute Gasteiger partial charge is 0.462 e. The first kappa shape index (κ1) is 28.3. The lowest BCUT2D eigenvalue weighted by molar-refractivity contribution is -0.158. The second-order valence-electron chi connectivity index (χ2n) is 11.0. The summed E-state index contributed by atoms with van der Waals surface area (Å²) in [7, 11) is 1.15. The summed E-state index contributed by atoms with van der Waals surface area (Å²) in [6.07, 6.45) is 9.59. The summed E-state index contributed by atoms with van der Waals surface area (Å²) >= 11 is 0. The van der Waals surface area contributed by atoms with Crippen molar-refractivity contribution in [3.8, 4) is 0 Å². The lowest BCUT2D eigenvalue weighted by atomic mass is 9.87. The molecule has 43 heavy (non-hydrogen) atoms. The number of carbonyl (C=O) groups excluding carboxylic acids is 4. The molecule has 1 aliphatic heterocycles. The van der Waals surface area contributed by atoms with Crippen LogP contribution in [0.4, 0.5) is 11.8 Å². The number of carbonyl (C=O) groups is 4. The highest BCUT2D eigenvalue weighted by atomic mass is 16.5. The second kappa shape index (κ2) is 11.5. The van der Waals surface area contributed by atoms with Crippen molar-refractivity contribution < 1.29 is 29.0 Å². The third-order valence-corrected chi connectivity index (χ3v) is 8.38. The first-order valence-corrected chi connectivity index (χ1v) is 14.3. The Kier molecular flexibility index (Phi) is 7.57. The number of aliphatic hydroxyl groups is 1. The van der Waals surface area contributed by atoms with E-state index in [1.807, 2.05) is 12.3 Å². The highest BCUT2D eigenvalue weighted by molar-refractivity contribution is 6.43. The summed E-state index contributed by atoms with van der Waals surface area (Å²) in [6.45, 7) is 1.62. The Morgan fingerprint density at radius 1 is 1.05 bits per heavy atom. The van der Waals surface area contributed by atoms with Gasteiger partial charge in [-0.2, -0.15) is 4.98 Å². The summed E-state index contributed by atoms with van der Waals surface area (Å²) in [4.78, 5) is 70.7. The van der Waals surface area contributed by atoms with E-state index in [2.05, 4.69) is 31.2 Å². The number of methoxy groups -OCH3 is 1. The molecular formula is C30H31N7O6. The Bertz CT molecular complexity index is 1760. The van der Waals surface area contributed by atoms with Crippen LogP contribution in [-0.2, 0) is 36.9 Å². The Morgan fingerprint density at radius 2 is 1.84 bits per heavy atom. The molecule has 1 N–H and O–H groups in total. The minimum absolute atomic E-state index is 0.0498. The first-order chi connectivity index (χ1) is 20.8. The molecule has 6 rings (SSSR count). The van der Waals surface area contributed by atoms with Crippen LogP contribution in [0.15, 0.2) is 36.8 Å². The standard InChI is InChI=1S/C30H31N7O6/c1-17-3-6-19(7-4-17)36-23-14-31-11-9-20(23)21-13-32-30(34-26(21)36)37(27(40)24(39)16-38)25-8-5-18-15-35(12-10-22(18)33-25)28(41)29(42)43-2/h5,8-9,11,13-14,17,19,38H,3-4,6-7,10,12,15-16H2,1-2H3. The van der Waals surface area contributed by atoms with Gasteiger partial charge in [-0.25, -0.2) is 19.7 Å². The molecular weight excluding hydrogens is 554 g/mol. The van der Waals surface area contributed by atoms with E-state index in [1.54, 1.807) is 18.5 Å². The Hall–Kier alpha value is -4.78. The van der Waals surface area contributed by atoms with Crippen LogP contribution in [-0.4, -0.2) is 78.3 Å². The van der Waals surface area contributed by atoms with E-state index in [9.17, 15) is 24.3 Å². The zero-order chi connectivity index (χ0) is 30.2. The van der Waals surface area contributed by atoms with E-state index in [1.165, 1.54) is 11.0 Å². The Morgan fingerprint density at radius 3 is 2.58 bits per heavy atom. The highest BCUT2D eigenvalue weighted by Crippen LogP contribution is 2.39. The van der Waals surface area contributed by atoms with Crippen molar-refractivity contribution in [2.24, 2.45) is 5.92 Å². The van der Waals surface area contributed by atoms with Crippen LogP contribution in [0.1, 0.15) is 49.9 Å². The third kappa shape index (κ3) is 5.09. The number of pyridine rings is 2. The molecule has 2 amide bonds. The number of nitrogens with zero attached hydrogens (tertiary/aromatic N) is 7. The number of hydrogen-bond acceptors (Lipinski definition) is 10. The van der Waals surface area contributed by atoms with Crippen LogP contribution >= 0.6 is 0 Å². The number of esters is 1. The molecule has 4 aromatic rings. The topological polar surface area (TPSA) is 161 Å². The maximum atomic E-state index is 13.4. The number of ether oxygens (including phenoxy) is 1. The minimum Gasteiger partial charge on any atom is -0.462 e. The molecule has 0 unspecified atom stereocenters. The minimum atomic E-state index is -1.04. The van der Waals surface area contributed by atoms with Crippen LogP contribution in [0.5, 0.6) is 0 Å². The summed E-state index contributed by atoms with van der Waals surface area (Å²) in [5.41, 5.74) is 2.82. The zero-order valence-corrected chi connectivity index (χ0v) is 23.9. The van der Waals surface area contributed by atoms with Crippen molar-refractivity contribution in [2.45, 2.75) is 51.6 Å². The van der Waals surface area contributed by atoms with Crippen LogP contribution in [0.3, 0.4) is 0 Å². The molecule has 2 aliphatic rings. The van der Waals surface area contributed by atoms with Crippen molar-refractivity contribution in [2.75, 3.05) is 25.2 Å². The van der Waals surface area contributed by atoms with E-state index in [0.717, 1.165) is 54.0 Å². The molecule has 0 saturated heterocycles. The van der Waals surface area contributed by atoms with E-state index >= 15 is 0 Å².